The molecule has 0 saturated carbocycles. The van der Waals surface area contributed by atoms with Crippen molar-refractivity contribution >= 4 is 27.1 Å². The number of nitrogens with one attached hydrogen (secondary N) is 2. The third-order valence-corrected chi connectivity index (χ3v) is 5.80. The number of ether oxygens (including phenoxy) is 1. The summed E-state index contributed by atoms with van der Waals surface area (Å²) in [5.74, 6) is 0.173. The van der Waals surface area contributed by atoms with E-state index in [0.717, 1.165) is 4.90 Å². The highest BCUT2D eigenvalue weighted by Gasteiger charge is 2.34. The van der Waals surface area contributed by atoms with Crippen LogP contribution in [-0.2, 0) is 14.6 Å². The Morgan fingerprint density at radius 1 is 1.50 bits per heavy atom. The maximum Gasteiger partial charge on any atom is 0.279 e. The second-order valence-electron chi connectivity index (χ2n) is 5.81. The van der Waals surface area contributed by atoms with Crippen LogP contribution in [-0.4, -0.2) is 57.5 Å². The molecule has 1 fully saturated rings. The Morgan fingerprint density at radius 2 is 2.21 bits per heavy atom. The van der Waals surface area contributed by atoms with Crippen molar-refractivity contribution in [1.29, 1.82) is 0 Å². The molecule has 1 aromatic carbocycles. The first kappa shape index (κ1) is 18.1. The van der Waals surface area contributed by atoms with Crippen molar-refractivity contribution in [3.05, 3.63) is 28.3 Å². The van der Waals surface area contributed by atoms with Gasteiger partial charge in [-0.15, -0.1) is 0 Å². The minimum atomic E-state index is -3.01. The molecule has 132 valence electrons. The highest BCUT2D eigenvalue weighted by atomic mass is 32.2. The molecule has 0 spiro atoms. The molecule has 1 heterocycles. The number of likely N-dealkylation sites (N-methyl/N-ethyl adjacent to an activating group) is 1. The second-order valence-corrected chi connectivity index (χ2v) is 8.04. The molecule has 0 aromatic heterocycles. The van der Waals surface area contributed by atoms with Crippen molar-refractivity contribution in [2.45, 2.75) is 12.5 Å². The minimum absolute atomic E-state index is 0.0615. The summed E-state index contributed by atoms with van der Waals surface area (Å²) < 4.78 is 28.1. The van der Waals surface area contributed by atoms with E-state index in [1.54, 1.807) is 7.05 Å². The van der Waals surface area contributed by atoms with Crippen molar-refractivity contribution in [2.75, 3.05) is 37.5 Å². The van der Waals surface area contributed by atoms with E-state index in [2.05, 4.69) is 5.32 Å². The number of quaternary nitrogens is 1. The molecule has 24 heavy (non-hydrogen) atoms. The first-order chi connectivity index (χ1) is 11.2. The van der Waals surface area contributed by atoms with Crippen molar-refractivity contribution in [3.63, 3.8) is 0 Å². The van der Waals surface area contributed by atoms with Gasteiger partial charge >= 0.3 is 0 Å². The maximum atomic E-state index is 12.2. The van der Waals surface area contributed by atoms with Gasteiger partial charge in [0.15, 0.2) is 16.4 Å². The molecule has 1 aliphatic rings. The van der Waals surface area contributed by atoms with Crippen LogP contribution in [0.2, 0.25) is 0 Å². The van der Waals surface area contributed by atoms with Gasteiger partial charge in [0, 0.05) is 18.6 Å². The number of hydrogen-bond donors (Lipinski definition) is 2. The average molecular weight is 358 g/mol. The van der Waals surface area contributed by atoms with Crippen LogP contribution in [0.5, 0.6) is 5.75 Å². The number of carbonyl (C=O) groups is 1. The molecule has 1 aromatic rings. The van der Waals surface area contributed by atoms with Crippen LogP contribution < -0.4 is 15.0 Å². The van der Waals surface area contributed by atoms with Gasteiger partial charge in [-0.2, -0.15) is 0 Å². The molecule has 1 saturated heterocycles. The van der Waals surface area contributed by atoms with Gasteiger partial charge < -0.3 is 15.0 Å². The fourth-order valence-electron chi connectivity index (χ4n) is 2.68. The smallest absolute Gasteiger partial charge is 0.279 e. The summed E-state index contributed by atoms with van der Waals surface area (Å²) >= 11 is 0. The summed E-state index contributed by atoms with van der Waals surface area (Å²) in [6, 6.07) is 3.81. The molecule has 0 bridgehead atoms. The lowest BCUT2D eigenvalue weighted by Gasteiger charge is -2.19. The zero-order valence-corrected chi connectivity index (χ0v) is 14.3. The molecular formula is C14H20N3O6S+. The first-order valence-electron chi connectivity index (χ1n) is 7.37. The third-order valence-electron chi connectivity index (χ3n) is 4.04. The molecule has 2 N–H and O–H groups in total. The van der Waals surface area contributed by atoms with Crippen LogP contribution >= 0.6 is 0 Å². The number of carbonyl (C=O) groups excluding carboxylic acids is 1. The monoisotopic (exact) mass is 358 g/mol. The van der Waals surface area contributed by atoms with Crippen LogP contribution in [0.25, 0.3) is 0 Å². The molecule has 2 rings (SSSR count). The Bertz CT molecular complexity index is 749. The second kappa shape index (κ2) is 7.14. The molecule has 1 aliphatic heterocycles. The Kier molecular flexibility index (Phi) is 5.40. The number of nitrogens with zero attached hydrogens (tertiary/aromatic N) is 1. The Morgan fingerprint density at radius 3 is 2.75 bits per heavy atom. The highest BCUT2D eigenvalue weighted by Crippen LogP contribution is 2.28. The van der Waals surface area contributed by atoms with E-state index in [1.165, 1.54) is 25.3 Å². The van der Waals surface area contributed by atoms with E-state index in [0.29, 0.717) is 12.2 Å². The molecule has 0 radical (unpaired) electrons. The number of rotatable bonds is 6. The van der Waals surface area contributed by atoms with E-state index in [9.17, 15) is 23.3 Å². The standard InChI is InChI=1S/C14H19N3O6S/c1-16(11-5-6-24(21,22)9-11)8-14(18)15-12-7-10(17(19)20)3-4-13(12)23-2/h3-4,7,11H,5-6,8-9H2,1-2H3,(H,15,18)/p+1/t11-/m0/s1. The van der Waals surface area contributed by atoms with Gasteiger partial charge in [0.1, 0.15) is 17.5 Å². The maximum absolute atomic E-state index is 12.2. The topological polar surface area (TPSA) is 120 Å². The quantitative estimate of drug-likeness (QED) is 0.510. The lowest BCUT2D eigenvalue weighted by Crippen LogP contribution is -3.14. The zero-order valence-electron chi connectivity index (χ0n) is 13.4. The lowest BCUT2D eigenvalue weighted by atomic mass is 10.2. The first-order valence-corrected chi connectivity index (χ1v) is 9.19. The number of amides is 1. The normalized spacial score (nSPS) is 20.3. The zero-order chi connectivity index (χ0) is 17.9. The highest BCUT2D eigenvalue weighted by molar-refractivity contribution is 7.91. The molecule has 2 atom stereocenters. The number of nitro benzene ring substituents is 1. The number of non-ortho nitro benzene ring substituents is 1. The predicted molar refractivity (Wildman–Crippen MR) is 87.1 cm³/mol. The lowest BCUT2D eigenvalue weighted by molar-refractivity contribution is -0.894. The van der Waals surface area contributed by atoms with Crippen molar-refractivity contribution in [2.24, 2.45) is 0 Å². The van der Waals surface area contributed by atoms with E-state index >= 15 is 0 Å². The summed E-state index contributed by atoms with van der Waals surface area (Å²) in [5, 5.41) is 13.4. The molecular weight excluding hydrogens is 338 g/mol. The number of methoxy groups -OCH3 is 1. The van der Waals surface area contributed by atoms with Gasteiger partial charge in [-0.25, -0.2) is 8.42 Å². The molecule has 0 aliphatic carbocycles. The van der Waals surface area contributed by atoms with Crippen molar-refractivity contribution < 1.29 is 27.8 Å². The Labute approximate surface area is 139 Å². The summed E-state index contributed by atoms with van der Waals surface area (Å²) in [6.45, 7) is 0.0615. The fraction of sp³-hybridized carbons (Fsp3) is 0.500. The van der Waals surface area contributed by atoms with Crippen molar-refractivity contribution in [3.8, 4) is 5.75 Å². The number of benzene rings is 1. The van der Waals surface area contributed by atoms with E-state index in [4.69, 9.17) is 4.74 Å². The largest absolute Gasteiger partial charge is 0.495 e. The molecule has 1 unspecified atom stereocenters. The SMILES string of the molecule is COc1ccc([N+](=O)[O-])cc1NC(=O)C[NH+](C)[C@H]1CCS(=O)(=O)C1. The van der Waals surface area contributed by atoms with Crippen LogP contribution in [0.1, 0.15) is 6.42 Å². The van der Waals surface area contributed by atoms with Crippen molar-refractivity contribution in [1.82, 2.24) is 0 Å². The van der Waals surface area contributed by atoms with Gasteiger partial charge in [-0.1, -0.05) is 0 Å². The number of sulfone groups is 1. The number of nitro groups is 1. The average Bonchev–Trinajstić information content (AvgIpc) is 2.87. The predicted octanol–water partition coefficient (Wildman–Crippen LogP) is -0.756. The van der Waals surface area contributed by atoms with E-state index < -0.39 is 14.8 Å². The van der Waals surface area contributed by atoms with Gasteiger partial charge in [-0.3, -0.25) is 14.9 Å². The third kappa shape index (κ3) is 4.42. The fourth-order valence-corrected chi connectivity index (χ4v) is 4.56. The summed E-state index contributed by atoms with van der Waals surface area (Å²) in [5.41, 5.74) is 0.0530. The van der Waals surface area contributed by atoms with E-state index in [-0.39, 0.29) is 41.4 Å². The van der Waals surface area contributed by atoms with Crippen LogP contribution in [0.4, 0.5) is 11.4 Å². The number of hydrogen-bond acceptors (Lipinski definition) is 6. The Hall–Kier alpha value is -2.20. The Balaban J connectivity index is 2.04. The molecule has 1 amide bonds. The minimum Gasteiger partial charge on any atom is -0.495 e. The molecule has 10 heteroatoms. The van der Waals surface area contributed by atoms with Crippen LogP contribution in [0, 0.1) is 10.1 Å². The number of anilines is 1. The van der Waals surface area contributed by atoms with Gasteiger partial charge in [0.25, 0.3) is 11.6 Å². The van der Waals surface area contributed by atoms with E-state index in [1.807, 2.05) is 0 Å². The molecule has 9 nitrogen and oxygen atoms in total. The summed E-state index contributed by atoms with van der Waals surface area (Å²) in [7, 11) is 0.152. The van der Waals surface area contributed by atoms with Gasteiger partial charge in [-0.05, 0) is 6.07 Å². The summed E-state index contributed by atoms with van der Waals surface area (Å²) in [6.07, 6.45) is 0.529. The van der Waals surface area contributed by atoms with Crippen LogP contribution in [0.3, 0.4) is 0 Å². The van der Waals surface area contributed by atoms with Gasteiger partial charge in [0.05, 0.1) is 30.5 Å². The van der Waals surface area contributed by atoms with Gasteiger partial charge in [0.2, 0.25) is 0 Å². The van der Waals surface area contributed by atoms with Crippen LogP contribution in [0.15, 0.2) is 18.2 Å². The summed E-state index contributed by atoms with van der Waals surface area (Å²) in [4.78, 5) is 23.3.